The maximum absolute atomic E-state index is 15.1. The van der Waals surface area contributed by atoms with Gasteiger partial charge in [0, 0.05) is 26.2 Å². The number of anilines is 2. The molecule has 0 saturated carbocycles. The zero-order chi connectivity index (χ0) is 23.7. The van der Waals surface area contributed by atoms with E-state index < -0.39 is 18.0 Å². The first-order chi connectivity index (χ1) is 16.5. The van der Waals surface area contributed by atoms with Crippen molar-refractivity contribution in [3.63, 3.8) is 0 Å². The molecule has 0 bridgehead atoms. The van der Waals surface area contributed by atoms with Gasteiger partial charge in [0.25, 0.3) is 0 Å². The smallest absolute Gasteiger partial charge is 0.414 e. The molecule has 4 heterocycles. The third-order valence-electron chi connectivity index (χ3n) is 5.96. The molecule has 2 amide bonds. The van der Waals surface area contributed by atoms with Crippen molar-refractivity contribution >= 4 is 23.4 Å². The minimum absolute atomic E-state index is 0.0135. The largest absolute Gasteiger partial charge is 0.442 e. The third kappa shape index (κ3) is 4.41. The molecule has 5 rings (SSSR count). The SMILES string of the molecule is CC(=O)NC[C@H]1CN(c2ccc(N3CCC(n4ncc(-c5ccccn5)n4)C3)c(F)c2)C(=O)O1. The Morgan fingerprint density at radius 3 is 2.88 bits per heavy atom. The number of rotatable bonds is 6. The number of hydrogen-bond acceptors (Lipinski definition) is 7. The number of aromatic nitrogens is 4. The molecule has 2 atom stereocenters. The second-order valence-electron chi connectivity index (χ2n) is 8.34. The molecule has 2 aliphatic heterocycles. The predicted molar refractivity (Wildman–Crippen MR) is 122 cm³/mol. The van der Waals surface area contributed by atoms with E-state index in [-0.39, 0.29) is 25.0 Å². The molecule has 34 heavy (non-hydrogen) atoms. The van der Waals surface area contributed by atoms with E-state index in [4.69, 9.17) is 4.74 Å². The van der Waals surface area contributed by atoms with E-state index in [1.165, 1.54) is 17.9 Å². The fourth-order valence-electron chi connectivity index (χ4n) is 4.25. The summed E-state index contributed by atoms with van der Waals surface area (Å²) in [5, 5.41) is 11.6. The van der Waals surface area contributed by atoms with Crippen molar-refractivity contribution in [1.29, 1.82) is 0 Å². The molecule has 1 aromatic carbocycles. The lowest BCUT2D eigenvalue weighted by Crippen LogP contribution is -2.33. The van der Waals surface area contributed by atoms with E-state index in [1.807, 2.05) is 23.1 Å². The van der Waals surface area contributed by atoms with Crippen molar-refractivity contribution in [2.24, 2.45) is 0 Å². The van der Waals surface area contributed by atoms with Crippen LogP contribution in [0.5, 0.6) is 0 Å². The van der Waals surface area contributed by atoms with Gasteiger partial charge in [0.1, 0.15) is 17.6 Å². The summed E-state index contributed by atoms with van der Waals surface area (Å²) in [6.45, 7) is 3.08. The van der Waals surface area contributed by atoms with Crippen LogP contribution >= 0.6 is 0 Å². The van der Waals surface area contributed by atoms with Gasteiger partial charge < -0.3 is 15.0 Å². The van der Waals surface area contributed by atoms with Crippen molar-refractivity contribution in [1.82, 2.24) is 25.3 Å². The molecule has 2 aliphatic rings. The van der Waals surface area contributed by atoms with Crippen molar-refractivity contribution in [3.05, 3.63) is 54.6 Å². The van der Waals surface area contributed by atoms with Crippen LogP contribution in [0.15, 0.2) is 48.8 Å². The number of nitrogens with zero attached hydrogens (tertiary/aromatic N) is 6. The van der Waals surface area contributed by atoms with Gasteiger partial charge in [-0.1, -0.05) is 6.07 Å². The van der Waals surface area contributed by atoms with Crippen molar-refractivity contribution in [2.45, 2.75) is 25.5 Å². The quantitative estimate of drug-likeness (QED) is 0.596. The maximum atomic E-state index is 15.1. The van der Waals surface area contributed by atoms with Gasteiger partial charge >= 0.3 is 6.09 Å². The van der Waals surface area contributed by atoms with Crippen LogP contribution in [0.2, 0.25) is 0 Å². The van der Waals surface area contributed by atoms with Crippen LogP contribution in [0.1, 0.15) is 19.4 Å². The first kappa shape index (κ1) is 21.8. The summed E-state index contributed by atoms with van der Waals surface area (Å²) >= 11 is 0. The zero-order valence-electron chi connectivity index (χ0n) is 18.6. The molecule has 1 unspecified atom stereocenters. The van der Waals surface area contributed by atoms with E-state index in [0.717, 1.165) is 12.1 Å². The van der Waals surface area contributed by atoms with Crippen LogP contribution in [0.3, 0.4) is 0 Å². The van der Waals surface area contributed by atoms with Gasteiger partial charge in [-0.3, -0.25) is 14.7 Å². The van der Waals surface area contributed by atoms with E-state index in [1.54, 1.807) is 29.3 Å². The van der Waals surface area contributed by atoms with Crippen LogP contribution in [0.4, 0.5) is 20.6 Å². The van der Waals surface area contributed by atoms with Crippen LogP contribution in [-0.4, -0.2) is 64.3 Å². The molecule has 2 saturated heterocycles. The van der Waals surface area contributed by atoms with E-state index in [9.17, 15) is 9.59 Å². The number of benzene rings is 1. The standard InChI is InChI=1S/C23H24FN7O3/c1-15(32)26-11-18-14-30(23(33)34-18)16-5-6-22(19(24)10-16)29-9-7-17(13-29)31-27-12-21(28-31)20-4-2-3-8-25-20/h2-6,8,10,12,17-18H,7,9,11,13-14H2,1H3,(H,26,32)/t17?,18-/m0/s1. The van der Waals surface area contributed by atoms with Crippen LogP contribution in [0, 0.1) is 5.82 Å². The van der Waals surface area contributed by atoms with Crippen molar-refractivity contribution < 1.29 is 18.7 Å². The molecule has 11 heteroatoms. The highest BCUT2D eigenvalue weighted by atomic mass is 19.1. The molecule has 0 aliphatic carbocycles. The summed E-state index contributed by atoms with van der Waals surface area (Å²) in [5.41, 5.74) is 2.33. The Labute approximate surface area is 195 Å². The number of cyclic esters (lactones) is 1. The third-order valence-corrected chi connectivity index (χ3v) is 5.96. The normalized spacial score (nSPS) is 20.0. The highest BCUT2D eigenvalue weighted by Gasteiger charge is 2.33. The number of halogens is 1. The van der Waals surface area contributed by atoms with Gasteiger partial charge in [-0.05, 0) is 36.8 Å². The van der Waals surface area contributed by atoms with Gasteiger partial charge in [-0.15, -0.1) is 0 Å². The summed E-state index contributed by atoms with van der Waals surface area (Å²) < 4.78 is 20.3. The van der Waals surface area contributed by atoms with E-state index in [2.05, 4.69) is 20.5 Å². The lowest BCUT2D eigenvalue weighted by Gasteiger charge is -2.21. The number of ether oxygens (including phenoxy) is 1. The predicted octanol–water partition coefficient (Wildman–Crippen LogP) is 2.39. The highest BCUT2D eigenvalue weighted by molar-refractivity contribution is 5.90. The number of amides is 2. The summed E-state index contributed by atoms with van der Waals surface area (Å²) in [4.78, 5) is 32.6. The van der Waals surface area contributed by atoms with Gasteiger partial charge in [-0.2, -0.15) is 15.0 Å². The minimum Gasteiger partial charge on any atom is -0.442 e. The Balaban J connectivity index is 1.25. The molecule has 2 aromatic heterocycles. The van der Waals surface area contributed by atoms with Gasteiger partial charge in [0.05, 0.1) is 42.4 Å². The Bertz CT molecular complexity index is 1200. The average molecular weight is 465 g/mol. The van der Waals surface area contributed by atoms with Gasteiger partial charge in [0.15, 0.2) is 0 Å². The number of carbonyl (C=O) groups excluding carboxylic acids is 2. The first-order valence-corrected chi connectivity index (χ1v) is 11.1. The van der Waals surface area contributed by atoms with Crippen LogP contribution in [0.25, 0.3) is 11.4 Å². The fourth-order valence-corrected chi connectivity index (χ4v) is 4.25. The summed E-state index contributed by atoms with van der Waals surface area (Å²) in [6, 6.07) is 10.4. The minimum atomic E-state index is -0.558. The molecule has 3 aromatic rings. The fraction of sp³-hybridized carbons (Fsp3) is 0.348. The molecular weight excluding hydrogens is 441 g/mol. The lowest BCUT2D eigenvalue weighted by molar-refractivity contribution is -0.119. The second kappa shape index (κ2) is 9.08. The topological polar surface area (TPSA) is 105 Å². The van der Waals surface area contributed by atoms with Crippen LogP contribution in [-0.2, 0) is 9.53 Å². The van der Waals surface area contributed by atoms with Gasteiger partial charge in [-0.25, -0.2) is 9.18 Å². The number of hydrogen-bond donors (Lipinski definition) is 1. The zero-order valence-corrected chi connectivity index (χ0v) is 18.6. The Morgan fingerprint density at radius 1 is 1.24 bits per heavy atom. The average Bonchev–Trinajstić information content (AvgIpc) is 3.58. The molecule has 176 valence electrons. The summed E-state index contributed by atoms with van der Waals surface area (Å²) in [6.07, 6.45) is 3.15. The number of nitrogens with one attached hydrogen (secondary N) is 1. The Kier molecular flexibility index (Phi) is 5.83. The number of pyridine rings is 1. The van der Waals surface area contributed by atoms with Crippen molar-refractivity contribution in [2.75, 3.05) is 36.0 Å². The monoisotopic (exact) mass is 465 g/mol. The lowest BCUT2D eigenvalue weighted by atomic mass is 10.2. The maximum Gasteiger partial charge on any atom is 0.414 e. The molecule has 1 N–H and O–H groups in total. The first-order valence-electron chi connectivity index (χ1n) is 11.1. The molecular formula is C23H24FN7O3. The number of carbonyl (C=O) groups is 2. The Morgan fingerprint density at radius 2 is 2.12 bits per heavy atom. The van der Waals surface area contributed by atoms with E-state index >= 15 is 4.39 Å². The second-order valence-corrected chi connectivity index (χ2v) is 8.34. The van der Waals surface area contributed by atoms with Crippen molar-refractivity contribution in [3.8, 4) is 11.4 Å². The Hall–Kier alpha value is -4.02. The molecule has 2 fully saturated rings. The highest BCUT2D eigenvalue weighted by Crippen LogP contribution is 2.32. The summed E-state index contributed by atoms with van der Waals surface area (Å²) in [7, 11) is 0. The summed E-state index contributed by atoms with van der Waals surface area (Å²) in [5.74, 6) is -0.619. The van der Waals surface area contributed by atoms with Gasteiger partial charge in [0.2, 0.25) is 5.91 Å². The molecule has 10 nitrogen and oxygen atoms in total. The molecule has 0 spiro atoms. The molecule has 0 radical (unpaired) electrons. The van der Waals surface area contributed by atoms with Crippen LogP contribution < -0.4 is 15.1 Å². The van der Waals surface area contributed by atoms with E-state index in [0.29, 0.717) is 30.2 Å².